The molecule has 1 amide bonds. The molecule has 2 fully saturated rings. The summed E-state index contributed by atoms with van der Waals surface area (Å²) in [5, 5.41) is 3.45. The van der Waals surface area contributed by atoms with Crippen LogP contribution in [0.1, 0.15) is 46.5 Å². The lowest BCUT2D eigenvalue weighted by molar-refractivity contribution is -0.118. The fourth-order valence-electron chi connectivity index (χ4n) is 5.43. The van der Waals surface area contributed by atoms with Crippen LogP contribution in [0.2, 0.25) is 0 Å². The maximum Gasteiger partial charge on any atom is 0.236 e. The molecule has 0 atom stereocenters. The number of nitrogens with zero attached hydrogens (tertiary/aromatic N) is 2. The number of ether oxygens (including phenoxy) is 2. The first-order valence-corrected chi connectivity index (χ1v) is 14.1. The Labute approximate surface area is 230 Å². The molecule has 3 aromatic carbocycles. The van der Waals surface area contributed by atoms with Crippen LogP contribution in [0.3, 0.4) is 0 Å². The number of carbonyl (C=O) groups is 2. The number of fused-ring (bicyclic) bond motifs is 1. The van der Waals surface area contributed by atoms with Crippen LogP contribution in [0, 0.1) is 0 Å². The maximum absolute atomic E-state index is 13.7. The largest absolute Gasteiger partial charge is 0.454 e. The molecule has 0 radical (unpaired) electrons. The topological polar surface area (TPSA) is 80.8 Å². The van der Waals surface area contributed by atoms with Crippen LogP contribution in [0.5, 0.6) is 11.5 Å². The van der Waals surface area contributed by atoms with Crippen LogP contribution in [0.25, 0.3) is 11.3 Å². The van der Waals surface area contributed by atoms with Crippen molar-refractivity contribution in [3.63, 3.8) is 0 Å². The van der Waals surface area contributed by atoms with E-state index in [2.05, 4.69) is 10.2 Å². The van der Waals surface area contributed by atoms with Crippen molar-refractivity contribution < 1.29 is 19.1 Å². The summed E-state index contributed by atoms with van der Waals surface area (Å²) < 4.78 is 11.0. The minimum Gasteiger partial charge on any atom is -0.454 e. The Morgan fingerprint density at radius 1 is 0.897 bits per heavy atom. The highest BCUT2D eigenvalue weighted by molar-refractivity contribution is 7.18. The van der Waals surface area contributed by atoms with Crippen molar-refractivity contribution in [2.75, 3.05) is 30.1 Å². The van der Waals surface area contributed by atoms with Crippen LogP contribution in [0.4, 0.5) is 10.8 Å². The first-order valence-electron chi connectivity index (χ1n) is 13.3. The predicted molar refractivity (Wildman–Crippen MR) is 151 cm³/mol. The van der Waals surface area contributed by atoms with Gasteiger partial charge in [-0.2, -0.15) is 0 Å². The summed E-state index contributed by atoms with van der Waals surface area (Å²) in [6.45, 7) is 2.30. The second-order valence-electron chi connectivity index (χ2n) is 10.2. The van der Waals surface area contributed by atoms with Gasteiger partial charge in [0.15, 0.2) is 16.6 Å². The summed E-state index contributed by atoms with van der Waals surface area (Å²) in [4.78, 5) is 34.9. The summed E-state index contributed by atoms with van der Waals surface area (Å²) in [5.74, 6) is 1.13. The Hall–Kier alpha value is -4.17. The van der Waals surface area contributed by atoms with Gasteiger partial charge in [0.1, 0.15) is 4.88 Å². The highest BCUT2D eigenvalue weighted by atomic mass is 32.1. The van der Waals surface area contributed by atoms with Crippen molar-refractivity contribution in [3.8, 4) is 22.8 Å². The third-order valence-electron chi connectivity index (χ3n) is 7.81. The highest BCUT2D eigenvalue weighted by Gasteiger charge is 2.52. The normalized spacial score (nSPS) is 16.8. The molecule has 1 aromatic heterocycles. The standard InChI is InChI=1S/C31H27N3O4S/c35-27(21-8-11-23(12-9-21)34-16-4-5-17-34)28-26(20-6-2-1-3-7-20)32-30(39-28)33-29(36)31(14-15-31)22-10-13-24-25(18-22)38-19-37-24/h1-3,6-13,18H,4-5,14-17,19H2,(H,32,33,36). The van der Waals surface area contributed by atoms with Gasteiger partial charge in [0.25, 0.3) is 0 Å². The van der Waals surface area contributed by atoms with E-state index >= 15 is 0 Å². The lowest BCUT2D eigenvalue weighted by Gasteiger charge is -2.17. The maximum atomic E-state index is 13.7. The van der Waals surface area contributed by atoms with Crippen LogP contribution < -0.4 is 19.7 Å². The van der Waals surface area contributed by atoms with E-state index in [0.29, 0.717) is 32.8 Å². The van der Waals surface area contributed by atoms with Crippen molar-refractivity contribution in [1.82, 2.24) is 4.98 Å². The number of hydrogen-bond acceptors (Lipinski definition) is 7. The lowest BCUT2D eigenvalue weighted by atomic mass is 9.94. The van der Waals surface area contributed by atoms with Crippen LogP contribution in [-0.2, 0) is 10.2 Å². The number of hydrogen-bond donors (Lipinski definition) is 1. The summed E-state index contributed by atoms with van der Waals surface area (Å²) >= 11 is 1.23. The Balaban J connectivity index is 1.18. The van der Waals surface area contributed by atoms with Crippen molar-refractivity contribution in [2.24, 2.45) is 0 Å². The first kappa shape index (κ1) is 23.9. The lowest BCUT2D eigenvalue weighted by Crippen LogP contribution is -2.27. The Morgan fingerprint density at radius 3 is 2.38 bits per heavy atom. The zero-order chi connectivity index (χ0) is 26.4. The van der Waals surface area contributed by atoms with Crippen LogP contribution in [-0.4, -0.2) is 36.6 Å². The van der Waals surface area contributed by atoms with Gasteiger partial charge in [0.05, 0.1) is 11.1 Å². The number of ketones is 1. The van der Waals surface area contributed by atoms with Gasteiger partial charge < -0.3 is 19.7 Å². The van der Waals surface area contributed by atoms with Gasteiger partial charge in [-0.3, -0.25) is 9.59 Å². The quantitative estimate of drug-likeness (QED) is 0.290. The van der Waals surface area contributed by atoms with Gasteiger partial charge in [0.2, 0.25) is 18.5 Å². The third-order valence-corrected chi connectivity index (χ3v) is 8.78. The fourth-order valence-corrected chi connectivity index (χ4v) is 6.38. The summed E-state index contributed by atoms with van der Waals surface area (Å²) in [5.41, 5.74) is 3.44. The number of amides is 1. The minimum atomic E-state index is -0.630. The Bertz CT molecular complexity index is 1550. The van der Waals surface area contributed by atoms with Crippen molar-refractivity contribution >= 4 is 33.8 Å². The van der Waals surface area contributed by atoms with E-state index in [1.165, 1.54) is 24.2 Å². The third kappa shape index (κ3) is 4.34. The van der Waals surface area contributed by atoms with Crippen LogP contribution >= 0.6 is 11.3 Å². The highest BCUT2D eigenvalue weighted by Crippen LogP contribution is 2.51. The number of aromatic nitrogens is 1. The molecule has 0 unspecified atom stereocenters. The summed E-state index contributed by atoms with van der Waals surface area (Å²) in [7, 11) is 0. The van der Waals surface area contributed by atoms with Gasteiger partial charge in [-0.15, -0.1) is 0 Å². The Kier molecular flexibility index (Phi) is 5.85. The van der Waals surface area contributed by atoms with Gasteiger partial charge in [-0.05, 0) is 67.6 Å². The molecule has 1 saturated carbocycles. The molecule has 3 heterocycles. The smallest absolute Gasteiger partial charge is 0.236 e. The summed E-state index contributed by atoms with van der Waals surface area (Å²) in [6.07, 6.45) is 3.88. The molecule has 1 saturated heterocycles. The van der Waals surface area contributed by atoms with Crippen molar-refractivity contribution in [1.29, 1.82) is 0 Å². The van der Waals surface area contributed by atoms with Crippen molar-refractivity contribution in [3.05, 3.63) is 88.8 Å². The number of carbonyl (C=O) groups excluding carboxylic acids is 2. The average Bonchev–Trinajstić information content (AvgIpc) is 3.32. The minimum absolute atomic E-state index is 0.100. The predicted octanol–water partition coefficient (Wildman–Crippen LogP) is 6.04. The molecule has 1 aliphatic carbocycles. The van der Waals surface area contributed by atoms with E-state index in [1.807, 2.05) is 72.8 Å². The first-order chi connectivity index (χ1) is 19.1. The van der Waals surface area contributed by atoms with Crippen molar-refractivity contribution in [2.45, 2.75) is 31.1 Å². The van der Waals surface area contributed by atoms with E-state index in [-0.39, 0.29) is 18.5 Å². The van der Waals surface area contributed by atoms with Gasteiger partial charge in [-0.25, -0.2) is 4.98 Å². The molecule has 0 spiro atoms. The number of nitrogens with one attached hydrogen (secondary N) is 1. The zero-order valence-corrected chi connectivity index (χ0v) is 22.1. The average molecular weight is 538 g/mol. The fraction of sp³-hybridized carbons (Fsp3) is 0.258. The Morgan fingerprint density at radius 2 is 1.64 bits per heavy atom. The van der Waals surface area contributed by atoms with E-state index in [1.54, 1.807) is 0 Å². The molecule has 196 valence electrons. The number of anilines is 2. The van der Waals surface area contributed by atoms with Crippen LogP contribution in [0.15, 0.2) is 72.8 Å². The second kappa shape index (κ2) is 9.54. The molecular weight excluding hydrogens is 510 g/mol. The zero-order valence-electron chi connectivity index (χ0n) is 21.3. The summed E-state index contributed by atoms with van der Waals surface area (Å²) in [6, 6.07) is 23.1. The number of benzene rings is 3. The molecule has 8 heteroatoms. The molecule has 1 N–H and O–H groups in total. The monoisotopic (exact) mass is 537 g/mol. The molecule has 39 heavy (non-hydrogen) atoms. The van der Waals surface area contributed by atoms with E-state index in [0.717, 1.165) is 42.7 Å². The number of thiazole rings is 1. The SMILES string of the molecule is O=C(c1ccc(N2CCCC2)cc1)c1sc(NC(=O)C2(c3ccc4c(c3)OCO4)CC2)nc1-c1ccccc1. The van der Waals surface area contributed by atoms with Gasteiger partial charge in [-0.1, -0.05) is 47.7 Å². The van der Waals surface area contributed by atoms with E-state index in [4.69, 9.17) is 14.5 Å². The van der Waals surface area contributed by atoms with Gasteiger partial charge >= 0.3 is 0 Å². The molecule has 7 nitrogen and oxygen atoms in total. The molecule has 2 aliphatic heterocycles. The molecular formula is C31H27N3O4S. The van der Waals surface area contributed by atoms with E-state index < -0.39 is 5.41 Å². The molecule has 0 bridgehead atoms. The molecule has 4 aromatic rings. The molecule has 3 aliphatic rings. The second-order valence-corrected chi connectivity index (χ2v) is 11.2. The number of rotatable bonds is 7. The molecule has 7 rings (SSSR count). The van der Waals surface area contributed by atoms with Gasteiger partial charge in [0, 0.05) is 29.9 Å². The van der Waals surface area contributed by atoms with E-state index in [9.17, 15) is 9.59 Å².